The first-order valence-electron chi connectivity index (χ1n) is 8.65. The molecule has 4 heteroatoms. The smallest absolute Gasteiger partial charge is 0.307 e. The van der Waals surface area contributed by atoms with Crippen LogP contribution in [0.4, 0.5) is 0 Å². The molecule has 0 N–H and O–H groups in total. The second kappa shape index (κ2) is 8.70. The summed E-state index contributed by atoms with van der Waals surface area (Å²) in [6, 6.07) is 7.90. The number of esters is 1. The number of hydrogen-bond acceptors (Lipinski definition) is 3. The first-order valence-corrected chi connectivity index (χ1v) is 8.65. The first kappa shape index (κ1) is 17.5. The van der Waals surface area contributed by atoms with Crippen LogP contribution >= 0.6 is 0 Å². The number of aryl methyl sites for hydroxylation is 1. The predicted molar refractivity (Wildman–Crippen MR) is 90.3 cm³/mol. The van der Waals surface area contributed by atoms with Crippen molar-refractivity contribution in [1.29, 1.82) is 0 Å². The molecule has 126 valence electrons. The van der Waals surface area contributed by atoms with E-state index in [-0.39, 0.29) is 24.3 Å². The second-order valence-corrected chi connectivity index (χ2v) is 6.21. The van der Waals surface area contributed by atoms with Gasteiger partial charge in [0.05, 0.1) is 13.0 Å². The van der Waals surface area contributed by atoms with Crippen molar-refractivity contribution in [1.82, 2.24) is 4.90 Å². The topological polar surface area (TPSA) is 46.6 Å². The Morgan fingerprint density at radius 2 is 1.78 bits per heavy atom. The number of carbonyl (C=O) groups is 2. The summed E-state index contributed by atoms with van der Waals surface area (Å²) < 4.78 is 5.00. The van der Waals surface area contributed by atoms with Gasteiger partial charge in [-0.3, -0.25) is 9.59 Å². The lowest BCUT2D eigenvalue weighted by Gasteiger charge is -2.34. The third kappa shape index (κ3) is 5.08. The van der Waals surface area contributed by atoms with Gasteiger partial charge in [-0.2, -0.15) is 0 Å². The molecule has 0 aliphatic heterocycles. The van der Waals surface area contributed by atoms with Gasteiger partial charge >= 0.3 is 5.97 Å². The maximum absolute atomic E-state index is 12.9. The molecule has 1 fully saturated rings. The molecule has 0 atom stereocenters. The van der Waals surface area contributed by atoms with Crippen molar-refractivity contribution < 1.29 is 14.3 Å². The van der Waals surface area contributed by atoms with E-state index in [1.807, 2.05) is 36.1 Å². The normalized spacial score (nSPS) is 15.2. The number of rotatable bonds is 6. The molecule has 0 spiro atoms. The van der Waals surface area contributed by atoms with Crippen molar-refractivity contribution >= 4 is 11.9 Å². The van der Waals surface area contributed by atoms with Gasteiger partial charge < -0.3 is 9.64 Å². The van der Waals surface area contributed by atoms with E-state index in [1.165, 1.54) is 6.42 Å². The SMILES string of the molecule is CCOC(=O)CCN(C(=O)c1ccc(C)cc1)C1CCCCC1. The lowest BCUT2D eigenvalue weighted by Crippen LogP contribution is -2.42. The van der Waals surface area contributed by atoms with Crippen LogP contribution in [0, 0.1) is 6.92 Å². The highest BCUT2D eigenvalue weighted by molar-refractivity contribution is 5.94. The van der Waals surface area contributed by atoms with Crippen LogP contribution in [0.3, 0.4) is 0 Å². The highest BCUT2D eigenvalue weighted by Crippen LogP contribution is 2.24. The molecule has 1 aliphatic carbocycles. The summed E-state index contributed by atoms with van der Waals surface area (Å²) in [7, 11) is 0. The average molecular weight is 317 g/mol. The third-order valence-corrected chi connectivity index (χ3v) is 4.44. The van der Waals surface area contributed by atoms with Crippen molar-refractivity contribution in [2.24, 2.45) is 0 Å². The van der Waals surface area contributed by atoms with Gasteiger partial charge in [-0.1, -0.05) is 37.0 Å². The molecule has 0 saturated heterocycles. The summed E-state index contributed by atoms with van der Waals surface area (Å²) in [5.41, 5.74) is 1.84. The van der Waals surface area contributed by atoms with E-state index >= 15 is 0 Å². The van der Waals surface area contributed by atoms with Gasteiger partial charge in [0.25, 0.3) is 5.91 Å². The predicted octanol–water partition coefficient (Wildman–Crippen LogP) is 3.72. The Balaban J connectivity index is 2.09. The molecule has 1 amide bonds. The molecule has 0 bridgehead atoms. The molecule has 1 aromatic rings. The molecule has 1 aromatic carbocycles. The summed E-state index contributed by atoms with van der Waals surface area (Å²) in [6.07, 6.45) is 5.87. The van der Waals surface area contributed by atoms with Gasteiger partial charge in [0.2, 0.25) is 0 Å². The quantitative estimate of drug-likeness (QED) is 0.751. The zero-order valence-electron chi connectivity index (χ0n) is 14.2. The van der Waals surface area contributed by atoms with Crippen LogP contribution in [-0.4, -0.2) is 36.0 Å². The summed E-state index contributed by atoms with van der Waals surface area (Å²) in [5.74, 6) is -0.203. The molecular weight excluding hydrogens is 290 g/mol. The highest BCUT2D eigenvalue weighted by atomic mass is 16.5. The van der Waals surface area contributed by atoms with Gasteiger partial charge in [0, 0.05) is 18.2 Å². The van der Waals surface area contributed by atoms with Crippen molar-refractivity contribution in [3.05, 3.63) is 35.4 Å². The largest absolute Gasteiger partial charge is 0.466 e. The van der Waals surface area contributed by atoms with Crippen LogP contribution in [0.25, 0.3) is 0 Å². The molecule has 0 aromatic heterocycles. The fourth-order valence-electron chi connectivity index (χ4n) is 3.15. The minimum absolute atomic E-state index is 0.0289. The maximum Gasteiger partial charge on any atom is 0.307 e. The van der Waals surface area contributed by atoms with Crippen LogP contribution in [0.15, 0.2) is 24.3 Å². The Labute approximate surface area is 138 Å². The van der Waals surface area contributed by atoms with Crippen LogP contribution < -0.4 is 0 Å². The van der Waals surface area contributed by atoms with Gasteiger partial charge in [0.15, 0.2) is 0 Å². The second-order valence-electron chi connectivity index (χ2n) is 6.21. The summed E-state index contributed by atoms with van der Waals surface area (Å²) in [5, 5.41) is 0. The van der Waals surface area contributed by atoms with E-state index in [0.717, 1.165) is 31.2 Å². The highest BCUT2D eigenvalue weighted by Gasteiger charge is 2.26. The van der Waals surface area contributed by atoms with E-state index in [2.05, 4.69) is 0 Å². The van der Waals surface area contributed by atoms with Crippen molar-refractivity contribution in [2.45, 2.75) is 58.4 Å². The molecule has 0 unspecified atom stereocenters. The monoisotopic (exact) mass is 317 g/mol. The molecular formula is C19H27NO3. The van der Waals surface area contributed by atoms with E-state index in [1.54, 1.807) is 6.92 Å². The van der Waals surface area contributed by atoms with Gasteiger partial charge in [-0.25, -0.2) is 0 Å². The third-order valence-electron chi connectivity index (χ3n) is 4.44. The van der Waals surface area contributed by atoms with Gasteiger partial charge in [-0.05, 0) is 38.8 Å². The lowest BCUT2D eigenvalue weighted by molar-refractivity contribution is -0.143. The Bertz CT molecular complexity index is 518. The fourth-order valence-corrected chi connectivity index (χ4v) is 3.15. The van der Waals surface area contributed by atoms with E-state index in [4.69, 9.17) is 4.74 Å². The van der Waals surface area contributed by atoms with Crippen LogP contribution in [0.1, 0.15) is 61.4 Å². The summed E-state index contributed by atoms with van der Waals surface area (Å²) in [4.78, 5) is 26.5. The number of benzene rings is 1. The first-order chi connectivity index (χ1) is 11.1. The number of ether oxygens (including phenoxy) is 1. The van der Waals surface area contributed by atoms with Crippen molar-refractivity contribution in [2.75, 3.05) is 13.2 Å². The molecule has 23 heavy (non-hydrogen) atoms. The lowest BCUT2D eigenvalue weighted by atomic mass is 9.93. The van der Waals surface area contributed by atoms with Crippen molar-refractivity contribution in [3.8, 4) is 0 Å². The molecule has 1 saturated carbocycles. The minimum Gasteiger partial charge on any atom is -0.466 e. The molecule has 4 nitrogen and oxygen atoms in total. The Kier molecular flexibility index (Phi) is 6.63. The average Bonchev–Trinajstić information content (AvgIpc) is 2.57. The van der Waals surface area contributed by atoms with E-state index < -0.39 is 0 Å². The van der Waals surface area contributed by atoms with Crippen LogP contribution in [0.5, 0.6) is 0 Å². The van der Waals surface area contributed by atoms with Crippen LogP contribution in [0.2, 0.25) is 0 Å². The molecule has 1 aliphatic rings. The summed E-state index contributed by atoms with van der Waals surface area (Å²) in [6.45, 7) is 4.63. The number of hydrogen-bond donors (Lipinski definition) is 0. The zero-order chi connectivity index (χ0) is 16.7. The standard InChI is InChI=1S/C19H27NO3/c1-3-23-18(21)13-14-20(17-7-5-4-6-8-17)19(22)16-11-9-15(2)10-12-16/h9-12,17H,3-8,13-14H2,1-2H3. The number of nitrogens with zero attached hydrogens (tertiary/aromatic N) is 1. The van der Waals surface area contributed by atoms with E-state index in [9.17, 15) is 9.59 Å². The minimum atomic E-state index is -0.231. The molecule has 0 heterocycles. The maximum atomic E-state index is 12.9. The number of amides is 1. The van der Waals surface area contributed by atoms with Gasteiger partial charge in [-0.15, -0.1) is 0 Å². The van der Waals surface area contributed by atoms with Gasteiger partial charge in [0.1, 0.15) is 0 Å². The molecule has 0 radical (unpaired) electrons. The Morgan fingerprint density at radius 3 is 2.39 bits per heavy atom. The Morgan fingerprint density at radius 1 is 1.13 bits per heavy atom. The van der Waals surface area contributed by atoms with Crippen LogP contribution in [-0.2, 0) is 9.53 Å². The van der Waals surface area contributed by atoms with Crippen molar-refractivity contribution in [3.63, 3.8) is 0 Å². The van der Waals surface area contributed by atoms with E-state index in [0.29, 0.717) is 18.7 Å². The molecule has 2 rings (SSSR count). The fraction of sp³-hybridized carbons (Fsp3) is 0.579. The number of carbonyl (C=O) groups excluding carboxylic acids is 2. The zero-order valence-corrected chi connectivity index (χ0v) is 14.2. The Hall–Kier alpha value is -1.84. The summed E-state index contributed by atoms with van der Waals surface area (Å²) >= 11 is 0.